The van der Waals surface area contributed by atoms with Crippen LogP contribution in [0.25, 0.3) is 0 Å². The lowest BCUT2D eigenvalue weighted by Gasteiger charge is -2.16. The van der Waals surface area contributed by atoms with E-state index in [2.05, 4.69) is 5.32 Å². The van der Waals surface area contributed by atoms with Crippen molar-refractivity contribution in [1.29, 1.82) is 0 Å². The number of anilines is 1. The highest BCUT2D eigenvalue weighted by molar-refractivity contribution is 5.90. The number of nitrogens with one attached hydrogen (secondary N) is 2. The van der Waals surface area contributed by atoms with Crippen molar-refractivity contribution in [3.05, 3.63) is 24.0 Å². The Morgan fingerprint density at radius 3 is 2.77 bits per heavy atom. The molecular weight excluding hydrogens is 301 g/mol. The van der Waals surface area contributed by atoms with Gasteiger partial charge in [0.2, 0.25) is 0 Å². The summed E-state index contributed by atoms with van der Waals surface area (Å²) in [5.41, 5.74) is 0.187. The minimum atomic E-state index is -3.40. The molecule has 1 aliphatic carbocycles. The average molecular weight is 318 g/mol. The SMILES string of the molecule is O=C(NCC(F)(F)CO)Nc1ccc(F)cc1OCC1CC1. The van der Waals surface area contributed by atoms with Crippen molar-refractivity contribution in [3.63, 3.8) is 0 Å². The quantitative estimate of drug-likeness (QED) is 0.723. The van der Waals surface area contributed by atoms with Gasteiger partial charge in [0, 0.05) is 6.07 Å². The second kappa shape index (κ2) is 6.87. The smallest absolute Gasteiger partial charge is 0.319 e. The van der Waals surface area contributed by atoms with E-state index >= 15 is 0 Å². The number of urea groups is 1. The Balaban J connectivity index is 1.93. The van der Waals surface area contributed by atoms with Crippen LogP contribution in [0.4, 0.5) is 23.7 Å². The first-order valence-corrected chi connectivity index (χ1v) is 6.85. The fourth-order valence-electron chi connectivity index (χ4n) is 1.64. The molecule has 0 aromatic heterocycles. The molecule has 2 amide bonds. The van der Waals surface area contributed by atoms with Crippen molar-refractivity contribution in [2.75, 3.05) is 25.1 Å². The van der Waals surface area contributed by atoms with Gasteiger partial charge in [0.25, 0.3) is 5.92 Å². The molecule has 2 rings (SSSR count). The summed E-state index contributed by atoms with van der Waals surface area (Å²) in [6, 6.07) is 2.65. The molecular formula is C14H17F3N2O3. The topological polar surface area (TPSA) is 70.6 Å². The van der Waals surface area contributed by atoms with Crippen LogP contribution in [0.3, 0.4) is 0 Å². The summed E-state index contributed by atoms with van der Waals surface area (Å²) in [6.45, 7) is -1.95. The van der Waals surface area contributed by atoms with Crippen molar-refractivity contribution in [3.8, 4) is 5.75 Å². The lowest BCUT2D eigenvalue weighted by molar-refractivity contribution is -0.0451. The van der Waals surface area contributed by atoms with E-state index in [0.717, 1.165) is 25.0 Å². The number of aliphatic hydroxyl groups is 1. The number of ether oxygens (including phenoxy) is 1. The fraction of sp³-hybridized carbons (Fsp3) is 0.500. The Hall–Kier alpha value is -1.96. The standard InChI is InChI=1S/C14H17F3N2O3/c15-10-3-4-11(12(5-10)22-6-9-1-2-9)19-13(21)18-7-14(16,17)8-20/h3-5,9,20H,1-2,6-8H2,(H2,18,19,21). The van der Waals surface area contributed by atoms with Crippen LogP contribution in [0.1, 0.15) is 12.8 Å². The van der Waals surface area contributed by atoms with Gasteiger partial charge < -0.3 is 20.5 Å². The summed E-state index contributed by atoms with van der Waals surface area (Å²) >= 11 is 0. The zero-order chi connectivity index (χ0) is 16.2. The molecule has 1 aliphatic rings. The van der Waals surface area contributed by atoms with Crippen molar-refractivity contribution in [1.82, 2.24) is 5.32 Å². The maximum absolute atomic E-state index is 13.2. The summed E-state index contributed by atoms with van der Waals surface area (Å²) in [6.07, 6.45) is 2.10. The van der Waals surface area contributed by atoms with Gasteiger partial charge >= 0.3 is 6.03 Å². The van der Waals surface area contributed by atoms with Crippen LogP contribution in [0.5, 0.6) is 5.75 Å². The van der Waals surface area contributed by atoms with Crippen molar-refractivity contribution in [2.45, 2.75) is 18.8 Å². The van der Waals surface area contributed by atoms with Gasteiger partial charge in [-0.1, -0.05) is 0 Å². The summed E-state index contributed by atoms with van der Waals surface area (Å²) in [7, 11) is 0. The highest BCUT2D eigenvalue weighted by Gasteiger charge is 2.28. The van der Waals surface area contributed by atoms with Crippen LogP contribution in [0.2, 0.25) is 0 Å². The zero-order valence-corrected chi connectivity index (χ0v) is 11.7. The predicted molar refractivity (Wildman–Crippen MR) is 73.7 cm³/mol. The molecule has 0 radical (unpaired) electrons. The lowest BCUT2D eigenvalue weighted by atomic mass is 10.3. The second-order valence-electron chi connectivity index (χ2n) is 5.22. The number of aliphatic hydroxyl groups excluding tert-OH is 1. The number of carbonyl (C=O) groups is 1. The Labute approximate surface area is 125 Å². The second-order valence-corrected chi connectivity index (χ2v) is 5.22. The molecule has 5 nitrogen and oxygen atoms in total. The summed E-state index contributed by atoms with van der Waals surface area (Å²) < 4.78 is 44.3. The molecule has 0 spiro atoms. The highest BCUT2D eigenvalue weighted by Crippen LogP contribution is 2.32. The molecule has 122 valence electrons. The van der Waals surface area contributed by atoms with E-state index in [-0.39, 0.29) is 11.4 Å². The molecule has 1 fully saturated rings. The van der Waals surface area contributed by atoms with E-state index in [0.29, 0.717) is 12.5 Å². The van der Waals surface area contributed by atoms with Gasteiger partial charge in [-0.2, -0.15) is 0 Å². The normalized spacial score (nSPS) is 14.5. The van der Waals surface area contributed by atoms with Gasteiger partial charge in [0.1, 0.15) is 18.2 Å². The highest BCUT2D eigenvalue weighted by atomic mass is 19.3. The largest absolute Gasteiger partial charge is 0.491 e. The fourth-order valence-corrected chi connectivity index (χ4v) is 1.64. The third-order valence-corrected chi connectivity index (χ3v) is 3.10. The molecule has 0 unspecified atom stereocenters. The Morgan fingerprint density at radius 1 is 1.41 bits per heavy atom. The number of alkyl halides is 2. The third kappa shape index (κ3) is 5.10. The first kappa shape index (κ1) is 16.4. The molecule has 0 heterocycles. The maximum Gasteiger partial charge on any atom is 0.319 e. The van der Waals surface area contributed by atoms with Gasteiger partial charge in [0.05, 0.1) is 18.8 Å². The van der Waals surface area contributed by atoms with Crippen molar-refractivity contribution in [2.24, 2.45) is 5.92 Å². The average Bonchev–Trinajstić information content (AvgIpc) is 3.30. The Kier molecular flexibility index (Phi) is 5.12. The van der Waals surface area contributed by atoms with Gasteiger partial charge in [-0.05, 0) is 30.9 Å². The van der Waals surface area contributed by atoms with Crippen LogP contribution >= 0.6 is 0 Å². The van der Waals surface area contributed by atoms with E-state index in [1.54, 1.807) is 0 Å². The minimum Gasteiger partial charge on any atom is -0.491 e. The van der Waals surface area contributed by atoms with Gasteiger partial charge in [-0.25, -0.2) is 18.0 Å². The Morgan fingerprint density at radius 2 is 2.14 bits per heavy atom. The predicted octanol–water partition coefficient (Wildman–Crippen LogP) is 2.36. The van der Waals surface area contributed by atoms with E-state index in [4.69, 9.17) is 9.84 Å². The Bertz CT molecular complexity index is 536. The maximum atomic E-state index is 13.2. The number of benzene rings is 1. The van der Waals surface area contributed by atoms with Gasteiger partial charge in [-0.15, -0.1) is 0 Å². The molecule has 0 atom stereocenters. The van der Waals surface area contributed by atoms with E-state index < -0.39 is 30.9 Å². The van der Waals surface area contributed by atoms with Crippen LogP contribution < -0.4 is 15.4 Å². The van der Waals surface area contributed by atoms with Crippen LogP contribution in [-0.4, -0.2) is 36.8 Å². The summed E-state index contributed by atoms with van der Waals surface area (Å²) in [5.74, 6) is -3.33. The van der Waals surface area contributed by atoms with Gasteiger partial charge in [0.15, 0.2) is 0 Å². The molecule has 0 bridgehead atoms. The number of hydrogen-bond donors (Lipinski definition) is 3. The molecule has 3 N–H and O–H groups in total. The summed E-state index contributed by atoms with van der Waals surface area (Å²) in [5, 5.41) is 12.7. The number of carbonyl (C=O) groups excluding carboxylic acids is 1. The zero-order valence-electron chi connectivity index (χ0n) is 11.7. The van der Waals surface area contributed by atoms with Crippen LogP contribution in [0, 0.1) is 11.7 Å². The molecule has 8 heteroatoms. The van der Waals surface area contributed by atoms with E-state index in [1.165, 1.54) is 6.07 Å². The molecule has 0 saturated heterocycles. The molecule has 22 heavy (non-hydrogen) atoms. The minimum absolute atomic E-state index is 0.149. The van der Waals surface area contributed by atoms with Crippen molar-refractivity contribution < 1.29 is 27.8 Å². The molecule has 1 aromatic rings. The molecule has 1 saturated carbocycles. The van der Waals surface area contributed by atoms with Crippen LogP contribution in [0.15, 0.2) is 18.2 Å². The first-order valence-electron chi connectivity index (χ1n) is 6.85. The lowest BCUT2D eigenvalue weighted by Crippen LogP contribution is -2.40. The summed E-state index contributed by atoms with van der Waals surface area (Å²) in [4.78, 5) is 11.6. The number of hydrogen-bond acceptors (Lipinski definition) is 3. The monoisotopic (exact) mass is 318 g/mol. The van der Waals surface area contributed by atoms with Gasteiger partial charge in [-0.3, -0.25) is 0 Å². The van der Waals surface area contributed by atoms with Crippen molar-refractivity contribution >= 4 is 11.7 Å². The number of amides is 2. The van der Waals surface area contributed by atoms with E-state index in [1.807, 2.05) is 5.32 Å². The van der Waals surface area contributed by atoms with E-state index in [9.17, 15) is 18.0 Å². The number of rotatable bonds is 7. The van der Waals surface area contributed by atoms with Crippen LogP contribution in [-0.2, 0) is 0 Å². The number of halogens is 3. The first-order chi connectivity index (χ1) is 10.4. The molecule has 1 aromatic carbocycles. The third-order valence-electron chi connectivity index (χ3n) is 3.10. The molecule has 0 aliphatic heterocycles.